The molecule has 32 heavy (non-hydrogen) atoms. The number of carboxylic acid groups (broad SMARTS) is 1. The van der Waals surface area contributed by atoms with Crippen molar-refractivity contribution in [2.75, 3.05) is 13.2 Å². The normalized spacial score (nSPS) is 19.1. The second-order valence-corrected chi connectivity index (χ2v) is 8.40. The van der Waals surface area contributed by atoms with Crippen LogP contribution < -0.4 is 10.6 Å². The summed E-state index contributed by atoms with van der Waals surface area (Å²) in [6.45, 7) is 0.554. The largest absolute Gasteiger partial charge is 0.481 e. The minimum atomic E-state index is -0.880. The van der Waals surface area contributed by atoms with E-state index < -0.39 is 12.1 Å². The standard InChI is InChI=1S/C25H28N2O5/c28-23(29)13-6-14-26-24(30)20-11-5-12-22(20)27-25(31)32-15-21-18-9-3-1-7-16(18)17-8-2-4-10-19(17)21/h1-4,7-10,20-22H,5-6,11-15H2,(H,26,30)(H,27,31)(H,28,29). The Balaban J connectivity index is 1.31. The Labute approximate surface area is 187 Å². The summed E-state index contributed by atoms with van der Waals surface area (Å²) >= 11 is 0. The number of carbonyl (C=O) groups is 3. The molecule has 2 aliphatic rings. The van der Waals surface area contributed by atoms with Gasteiger partial charge in [0.1, 0.15) is 6.61 Å². The minimum Gasteiger partial charge on any atom is -0.481 e. The van der Waals surface area contributed by atoms with Crippen molar-refractivity contribution in [1.82, 2.24) is 10.6 Å². The SMILES string of the molecule is O=C(O)CCCNC(=O)C1CCCC1NC(=O)OCC1c2ccccc2-c2ccccc21. The van der Waals surface area contributed by atoms with Crippen LogP contribution in [0, 0.1) is 5.92 Å². The Morgan fingerprint density at radius 2 is 1.62 bits per heavy atom. The van der Waals surface area contributed by atoms with Crippen molar-refractivity contribution in [1.29, 1.82) is 0 Å². The molecule has 2 aromatic carbocycles. The lowest BCUT2D eigenvalue weighted by Gasteiger charge is -2.21. The van der Waals surface area contributed by atoms with Crippen molar-refractivity contribution >= 4 is 18.0 Å². The van der Waals surface area contributed by atoms with Crippen molar-refractivity contribution in [2.45, 2.75) is 44.1 Å². The van der Waals surface area contributed by atoms with E-state index in [-0.39, 0.29) is 36.8 Å². The van der Waals surface area contributed by atoms with E-state index in [2.05, 4.69) is 34.9 Å². The summed E-state index contributed by atoms with van der Waals surface area (Å²) in [7, 11) is 0. The fourth-order valence-corrected chi connectivity index (χ4v) is 4.82. The maximum atomic E-state index is 12.6. The molecule has 7 heteroatoms. The van der Waals surface area contributed by atoms with E-state index in [0.29, 0.717) is 19.4 Å². The Hall–Kier alpha value is -3.35. The topological polar surface area (TPSA) is 105 Å². The number of aliphatic carboxylic acids is 1. The number of amides is 2. The summed E-state index contributed by atoms with van der Waals surface area (Å²) in [5.74, 6) is -1.35. The molecule has 168 valence electrons. The van der Waals surface area contributed by atoms with Crippen LogP contribution in [0.25, 0.3) is 11.1 Å². The highest BCUT2D eigenvalue weighted by Gasteiger charge is 2.35. The van der Waals surface area contributed by atoms with Gasteiger partial charge in [-0.1, -0.05) is 55.0 Å². The van der Waals surface area contributed by atoms with E-state index in [1.807, 2.05) is 24.3 Å². The first kappa shape index (κ1) is 21.9. The summed E-state index contributed by atoms with van der Waals surface area (Å²) in [4.78, 5) is 35.6. The first-order chi connectivity index (χ1) is 15.5. The molecule has 2 unspecified atom stereocenters. The highest BCUT2D eigenvalue weighted by atomic mass is 16.5. The van der Waals surface area contributed by atoms with Gasteiger partial charge in [-0.05, 0) is 41.5 Å². The molecule has 2 amide bonds. The van der Waals surface area contributed by atoms with Gasteiger partial charge in [-0.15, -0.1) is 0 Å². The number of carbonyl (C=O) groups excluding carboxylic acids is 2. The Bertz CT molecular complexity index is 960. The number of nitrogens with one attached hydrogen (secondary N) is 2. The predicted molar refractivity (Wildman–Crippen MR) is 119 cm³/mol. The van der Waals surface area contributed by atoms with Crippen molar-refractivity contribution in [3.63, 3.8) is 0 Å². The van der Waals surface area contributed by atoms with Gasteiger partial charge >= 0.3 is 12.1 Å². The lowest BCUT2D eigenvalue weighted by molar-refractivity contribution is -0.137. The zero-order chi connectivity index (χ0) is 22.5. The van der Waals surface area contributed by atoms with Crippen LogP contribution in [-0.2, 0) is 14.3 Å². The number of benzene rings is 2. The molecular formula is C25H28N2O5. The van der Waals surface area contributed by atoms with Gasteiger partial charge < -0.3 is 20.5 Å². The molecule has 7 nitrogen and oxygen atoms in total. The smallest absolute Gasteiger partial charge is 0.407 e. The fourth-order valence-electron chi connectivity index (χ4n) is 4.82. The molecule has 0 heterocycles. The average molecular weight is 437 g/mol. The Kier molecular flexibility index (Phi) is 6.73. The first-order valence-corrected chi connectivity index (χ1v) is 11.2. The highest BCUT2D eigenvalue weighted by Crippen LogP contribution is 2.44. The molecule has 1 fully saturated rings. The Morgan fingerprint density at radius 3 is 2.28 bits per heavy atom. The van der Waals surface area contributed by atoms with Crippen molar-refractivity contribution in [3.05, 3.63) is 59.7 Å². The van der Waals surface area contributed by atoms with Crippen LogP contribution in [0.2, 0.25) is 0 Å². The molecule has 0 saturated heterocycles. The van der Waals surface area contributed by atoms with E-state index in [0.717, 1.165) is 24.0 Å². The third kappa shape index (κ3) is 4.77. The van der Waals surface area contributed by atoms with E-state index in [4.69, 9.17) is 9.84 Å². The lowest BCUT2D eigenvalue weighted by Crippen LogP contribution is -2.44. The van der Waals surface area contributed by atoms with Crippen molar-refractivity contribution < 1.29 is 24.2 Å². The zero-order valence-electron chi connectivity index (χ0n) is 17.9. The van der Waals surface area contributed by atoms with Gasteiger partial charge in [-0.2, -0.15) is 0 Å². The third-order valence-electron chi connectivity index (χ3n) is 6.37. The van der Waals surface area contributed by atoms with Crippen LogP contribution in [0.4, 0.5) is 4.79 Å². The van der Waals surface area contributed by atoms with Gasteiger partial charge in [0, 0.05) is 24.9 Å². The summed E-state index contributed by atoms with van der Waals surface area (Å²) in [6.07, 6.45) is 2.16. The lowest BCUT2D eigenvalue weighted by atomic mass is 9.98. The van der Waals surface area contributed by atoms with E-state index in [1.54, 1.807) is 0 Å². The van der Waals surface area contributed by atoms with Crippen LogP contribution >= 0.6 is 0 Å². The molecule has 0 spiro atoms. The van der Waals surface area contributed by atoms with E-state index in [1.165, 1.54) is 11.1 Å². The number of ether oxygens (including phenoxy) is 1. The third-order valence-corrected chi connectivity index (χ3v) is 6.37. The molecule has 0 aliphatic heterocycles. The van der Waals surface area contributed by atoms with Crippen LogP contribution in [0.1, 0.15) is 49.1 Å². The van der Waals surface area contributed by atoms with Crippen LogP contribution in [-0.4, -0.2) is 42.3 Å². The number of fused-ring (bicyclic) bond motifs is 3. The predicted octanol–water partition coefficient (Wildman–Crippen LogP) is 3.67. The van der Waals surface area contributed by atoms with Gasteiger partial charge in [0.15, 0.2) is 0 Å². The number of carboxylic acids is 1. The fraction of sp³-hybridized carbons (Fsp3) is 0.400. The van der Waals surface area contributed by atoms with Crippen LogP contribution in [0.5, 0.6) is 0 Å². The second-order valence-electron chi connectivity index (χ2n) is 8.40. The van der Waals surface area contributed by atoms with Gasteiger partial charge in [0.25, 0.3) is 0 Å². The molecule has 3 N–H and O–H groups in total. The van der Waals surface area contributed by atoms with Crippen molar-refractivity contribution in [3.8, 4) is 11.1 Å². The summed E-state index contributed by atoms with van der Waals surface area (Å²) in [5.41, 5.74) is 4.65. The van der Waals surface area contributed by atoms with Crippen molar-refractivity contribution in [2.24, 2.45) is 5.92 Å². The number of hydrogen-bond acceptors (Lipinski definition) is 4. The van der Waals surface area contributed by atoms with Crippen LogP contribution in [0.3, 0.4) is 0 Å². The molecule has 1 saturated carbocycles. The molecule has 0 radical (unpaired) electrons. The van der Waals surface area contributed by atoms with Gasteiger partial charge in [0.05, 0.1) is 5.92 Å². The number of alkyl carbamates (subject to hydrolysis) is 1. The molecular weight excluding hydrogens is 408 g/mol. The number of rotatable bonds is 8. The zero-order valence-corrected chi connectivity index (χ0v) is 17.9. The quantitative estimate of drug-likeness (QED) is 0.548. The number of hydrogen-bond donors (Lipinski definition) is 3. The van der Waals surface area contributed by atoms with Gasteiger partial charge in [-0.25, -0.2) is 4.79 Å². The monoisotopic (exact) mass is 436 g/mol. The summed E-state index contributed by atoms with van der Waals surface area (Å²) in [5, 5.41) is 14.4. The van der Waals surface area contributed by atoms with Gasteiger partial charge in [-0.3, -0.25) is 9.59 Å². The van der Waals surface area contributed by atoms with E-state index >= 15 is 0 Å². The summed E-state index contributed by atoms with van der Waals surface area (Å²) in [6, 6.07) is 16.1. The highest BCUT2D eigenvalue weighted by molar-refractivity contribution is 5.81. The minimum absolute atomic E-state index is 0.00920. The maximum absolute atomic E-state index is 12.6. The second kappa shape index (κ2) is 9.85. The van der Waals surface area contributed by atoms with Crippen LogP contribution in [0.15, 0.2) is 48.5 Å². The molecule has 0 bridgehead atoms. The Morgan fingerprint density at radius 1 is 0.969 bits per heavy atom. The van der Waals surface area contributed by atoms with E-state index in [9.17, 15) is 14.4 Å². The molecule has 2 aromatic rings. The average Bonchev–Trinajstić information content (AvgIpc) is 3.37. The molecule has 2 atom stereocenters. The molecule has 4 rings (SSSR count). The molecule has 2 aliphatic carbocycles. The molecule has 0 aromatic heterocycles. The summed E-state index contributed by atoms with van der Waals surface area (Å²) < 4.78 is 5.61. The maximum Gasteiger partial charge on any atom is 0.407 e. The first-order valence-electron chi connectivity index (χ1n) is 11.2. The van der Waals surface area contributed by atoms with Gasteiger partial charge in [0.2, 0.25) is 5.91 Å².